The van der Waals surface area contributed by atoms with E-state index in [0.29, 0.717) is 18.4 Å². The SMILES string of the molecule is CC(C)(C)OC(=O)CCNC(=O)c1ccc(CCc2cc(-c3ccc(OC(F)(F)F)cc3)ccc2OC2CCCC2)cc1. The van der Waals surface area contributed by atoms with E-state index in [1.807, 2.05) is 30.3 Å². The third-order valence-electron chi connectivity index (χ3n) is 7.01. The van der Waals surface area contributed by atoms with Gasteiger partial charge in [0, 0.05) is 12.1 Å². The second-order valence-corrected chi connectivity index (χ2v) is 11.7. The fraction of sp³-hybridized carbons (Fsp3) is 0.412. The third-order valence-corrected chi connectivity index (χ3v) is 7.01. The molecule has 3 aromatic carbocycles. The standard InChI is InChI=1S/C34H38F3NO5/c1-33(2,3)43-31(39)20-21-38-32(40)25-11-8-23(9-12-25)10-13-27-22-26(16-19-30(27)41-28-6-4-5-7-28)24-14-17-29(18-15-24)42-34(35,36)37/h8-9,11-12,14-19,22,28H,4-7,10,13,20-21H2,1-3H3,(H,38,40). The maximum absolute atomic E-state index is 12.6. The van der Waals surface area contributed by atoms with E-state index in [9.17, 15) is 22.8 Å². The molecule has 6 nitrogen and oxygen atoms in total. The average molecular weight is 598 g/mol. The van der Waals surface area contributed by atoms with Crippen LogP contribution in [-0.4, -0.2) is 36.5 Å². The van der Waals surface area contributed by atoms with E-state index in [0.717, 1.165) is 53.7 Å². The smallest absolute Gasteiger partial charge is 0.490 e. The monoisotopic (exact) mass is 597 g/mol. The minimum Gasteiger partial charge on any atom is -0.490 e. The molecule has 4 rings (SSSR count). The predicted molar refractivity (Wildman–Crippen MR) is 158 cm³/mol. The van der Waals surface area contributed by atoms with Crippen molar-refractivity contribution in [1.29, 1.82) is 0 Å². The van der Waals surface area contributed by atoms with E-state index in [2.05, 4.69) is 10.1 Å². The Kier molecular flexibility index (Phi) is 10.4. The number of carbonyl (C=O) groups excluding carboxylic acids is 2. The lowest BCUT2D eigenvalue weighted by Gasteiger charge is -2.19. The molecule has 0 radical (unpaired) electrons. The Morgan fingerprint density at radius 2 is 1.51 bits per heavy atom. The number of carbonyl (C=O) groups is 2. The van der Waals surface area contributed by atoms with Crippen LogP contribution in [0.3, 0.4) is 0 Å². The van der Waals surface area contributed by atoms with Gasteiger partial charge in [-0.1, -0.05) is 30.3 Å². The minimum absolute atomic E-state index is 0.0941. The van der Waals surface area contributed by atoms with Gasteiger partial charge in [-0.05, 0) is 118 Å². The molecule has 1 saturated carbocycles. The molecule has 0 heterocycles. The van der Waals surface area contributed by atoms with Crippen LogP contribution >= 0.6 is 0 Å². The van der Waals surface area contributed by atoms with Gasteiger partial charge < -0.3 is 19.5 Å². The molecule has 0 bridgehead atoms. The van der Waals surface area contributed by atoms with Crippen LogP contribution < -0.4 is 14.8 Å². The topological polar surface area (TPSA) is 73.9 Å². The molecule has 9 heteroatoms. The quantitative estimate of drug-likeness (QED) is 0.228. The Hall–Kier alpha value is -4.01. The Labute approximate surface area is 250 Å². The molecule has 0 aromatic heterocycles. The van der Waals surface area contributed by atoms with Crippen molar-refractivity contribution < 1.29 is 37.0 Å². The van der Waals surface area contributed by atoms with Crippen LogP contribution in [0.1, 0.15) is 74.4 Å². The zero-order valence-electron chi connectivity index (χ0n) is 24.8. The number of nitrogens with one attached hydrogen (secondary N) is 1. The van der Waals surface area contributed by atoms with Crippen molar-refractivity contribution in [3.8, 4) is 22.6 Å². The predicted octanol–water partition coefficient (Wildman–Crippen LogP) is 7.82. The number of aryl methyl sites for hydroxylation is 2. The lowest BCUT2D eigenvalue weighted by atomic mass is 9.97. The van der Waals surface area contributed by atoms with Gasteiger partial charge in [-0.2, -0.15) is 0 Å². The largest absolute Gasteiger partial charge is 0.573 e. The molecule has 0 spiro atoms. The van der Waals surface area contributed by atoms with Crippen LogP contribution in [0.2, 0.25) is 0 Å². The van der Waals surface area contributed by atoms with Gasteiger partial charge in [-0.25, -0.2) is 0 Å². The number of hydrogen-bond donors (Lipinski definition) is 1. The fourth-order valence-electron chi connectivity index (χ4n) is 4.98. The van der Waals surface area contributed by atoms with Crippen molar-refractivity contribution in [1.82, 2.24) is 5.32 Å². The van der Waals surface area contributed by atoms with E-state index in [1.165, 1.54) is 12.1 Å². The van der Waals surface area contributed by atoms with Gasteiger partial charge in [0.05, 0.1) is 12.5 Å². The molecule has 0 aliphatic heterocycles. The number of amides is 1. The molecule has 1 fully saturated rings. The molecule has 0 atom stereocenters. The summed E-state index contributed by atoms with van der Waals surface area (Å²) in [6.45, 7) is 5.58. The Balaban J connectivity index is 1.40. The van der Waals surface area contributed by atoms with Crippen LogP contribution in [0.4, 0.5) is 13.2 Å². The number of benzene rings is 3. The van der Waals surface area contributed by atoms with Crippen LogP contribution in [0, 0.1) is 0 Å². The summed E-state index contributed by atoms with van der Waals surface area (Å²) in [5.41, 5.74) is 3.61. The number of halogens is 3. The summed E-state index contributed by atoms with van der Waals surface area (Å²) < 4.78 is 53.3. The van der Waals surface area contributed by atoms with Crippen molar-refractivity contribution in [2.45, 2.75) is 83.8 Å². The lowest BCUT2D eigenvalue weighted by molar-refractivity contribution is -0.274. The van der Waals surface area contributed by atoms with Gasteiger partial charge in [0.15, 0.2) is 0 Å². The summed E-state index contributed by atoms with van der Waals surface area (Å²) in [6, 6.07) is 19.0. The molecule has 1 amide bonds. The number of alkyl halides is 3. The van der Waals surface area contributed by atoms with E-state index < -0.39 is 12.0 Å². The summed E-state index contributed by atoms with van der Waals surface area (Å²) in [6.07, 6.45) is 1.23. The molecule has 1 N–H and O–H groups in total. The van der Waals surface area contributed by atoms with E-state index in [4.69, 9.17) is 9.47 Å². The van der Waals surface area contributed by atoms with Crippen LogP contribution in [0.5, 0.6) is 11.5 Å². The molecule has 3 aromatic rings. The van der Waals surface area contributed by atoms with Gasteiger partial charge in [0.2, 0.25) is 0 Å². The third kappa shape index (κ3) is 10.3. The van der Waals surface area contributed by atoms with E-state index in [1.54, 1.807) is 45.0 Å². The fourth-order valence-corrected chi connectivity index (χ4v) is 4.98. The lowest BCUT2D eigenvalue weighted by Crippen LogP contribution is -2.29. The highest BCUT2D eigenvalue weighted by atomic mass is 19.4. The van der Waals surface area contributed by atoms with Crippen molar-refractivity contribution in [3.63, 3.8) is 0 Å². The van der Waals surface area contributed by atoms with Crippen LogP contribution in [-0.2, 0) is 22.4 Å². The highest BCUT2D eigenvalue weighted by molar-refractivity contribution is 5.94. The van der Waals surface area contributed by atoms with Crippen molar-refractivity contribution >= 4 is 11.9 Å². The van der Waals surface area contributed by atoms with Crippen molar-refractivity contribution in [2.75, 3.05) is 6.54 Å². The zero-order valence-corrected chi connectivity index (χ0v) is 24.8. The number of hydrogen-bond acceptors (Lipinski definition) is 5. The Bertz CT molecular complexity index is 1370. The number of esters is 1. The Morgan fingerprint density at radius 3 is 2.14 bits per heavy atom. The molecule has 0 unspecified atom stereocenters. The first-order valence-corrected chi connectivity index (χ1v) is 14.6. The molecule has 1 aliphatic carbocycles. The van der Waals surface area contributed by atoms with Crippen LogP contribution in [0.15, 0.2) is 66.7 Å². The van der Waals surface area contributed by atoms with E-state index >= 15 is 0 Å². The van der Waals surface area contributed by atoms with Crippen molar-refractivity contribution in [2.24, 2.45) is 0 Å². The summed E-state index contributed by atoms with van der Waals surface area (Å²) in [5.74, 6) is -0.0795. The molecule has 1 aliphatic rings. The number of ether oxygens (including phenoxy) is 3. The summed E-state index contributed by atoms with van der Waals surface area (Å²) in [4.78, 5) is 24.4. The minimum atomic E-state index is -4.74. The summed E-state index contributed by atoms with van der Waals surface area (Å²) in [5, 5.41) is 2.75. The first kappa shape index (κ1) is 31.9. The van der Waals surface area contributed by atoms with Gasteiger partial charge >= 0.3 is 12.3 Å². The Morgan fingerprint density at radius 1 is 0.860 bits per heavy atom. The maximum atomic E-state index is 12.6. The zero-order chi connectivity index (χ0) is 31.0. The highest BCUT2D eigenvalue weighted by Gasteiger charge is 2.31. The first-order valence-electron chi connectivity index (χ1n) is 14.6. The highest BCUT2D eigenvalue weighted by Crippen LogP contribution is 2.33. The summed E-state index contributed by atoms with van der Waals surface area (Å²) in [7, 11) is 0. The van der Waals surface area contributed by atoms with Gasteiger partial charge in [-0.3, -0.25) is 9.59 Å². The second-order valence-electron chi connectivity index (χ2n) is 11.7. The first-order chi connectivity index (χ1) is 20.3. The van der Waals surface area contributed by atoms with Gasteiger partial charge in [0.1, 0.15) is 17.1 Å². The van der Waals surface area contributed by atoms with Crippen molar-refractivity contribution in [3.05, 3.63) is 83.4 Å². The molecule has 0 saturated heterocycles. The normalized spacial score (nSPS) is 13.9. The van der Waals surface area contributed by atoms with E-state index in [-0.39, 0.29) is 36.7 Å². The number of rotatable bonds is 11. The van der Waals surface area contributed by atoms with Gasteiger partial charge in [0.25, 0.3) is 5.91 Å². The van der Waals surface area contributed by atoms with Gasteiger partial charge in [-0.15, -0.1) is 13.2 Å². The second kappa shape index (κ2) is 14.0. The summed E-state index contributed by atoms with van der Waals surface area (Å²) >= 11 is 0. The molecular weight excluding hydrogens is 559 g/mol. The van der Waals surface area contributed by atoms with Crippen LogP contribution in [0.25, 0.3) is 11.1 Å². The average Bonchev–Trinajstić information content (AvgIpc) is 3.44. The molecular formula is C34H38F3NO5. The molecule has 43 heavy (non-hydrogen) atoms. The maximum Gasteiger partial charge on any atom is 0.573 e. The molecule has 230 valence electrons.